The second kappa shape index (κ2) is 9.15. The number of nitrogens with zero attached hydrogens (tertiary/aromatic N) is 1. The molecule has 8 heteroatoms. The van der Waals surface area contributed by atoms with Gasteiger partial charge in [-0.25, -0.2) is 8.42 Å². The minimum atomic E-state index is -3.83. The minimum absolute atomic E-state index is 0.0173. The number of nitrogens with one attached hydrogen (secondary N) is 1. The molecule has 1 atom stereocenters. The molecule has 1 aliphatic rings. The molecule has 2 aromatic rings. The standard InChI is InChI=1S/C21H25ClN2O4S/c1-3-15-6-9-18(10-7-15)23-21(25)16-5-4-12-24(14-16)29(26,27)20-13-17(22)8-11-19(20)28-2/h6-11,13,16H,3-5,12,14H2,1-2H3,(H,23,25)/t16-/m1/s1. The van der Waals surface area contributed by atoms with Crippen LogP contribution in [0.1, 0.15) is 25.3 Å². The van der Waals surface area contributed by atoms with Crippen molar-refractivity contribution in [2.45, 2.75) is 31.1 Å². The van der Waals surface area contributed by atoms with Crippen molar-refractivity contribution in [3.05, 3.63) is 53.1 Å². The summed E-state index contributed by atoms with van der Waals surface area (Å²) < 4.78 is 32.9. The van der Waals surface area contributed by atoms with Crippen LogP contribution in [-0.4, -0.2) is 38.8 Å². The summed E-state index contributed by atoms with van der Waals surface area (Å²) in [6.07, 6.45) is 2.17. The molecule has 2 aromatic carbocycles. The van der Waals surface area contributed by atoms with Crippen molar-refractivity contribution < 1.29 is 17.9 Å². The highest BCUT2D eigenvalue weighted by molar-refractivity contribution is 7.89. The number of methoxy groups -OCH3 is 1. The number of rotatable bonds is 6. The Bertz CT molecular complexity index is 977. The van der Waals surface area contributed by atoms with Gasteiger partial charge < -0.3 is 10.1 Å². The third kappa shape index (κ3) is 4.91. The molecule has 1 aliphatic heterocycles. The summed E-state index contributed by atoms with van der Waals surface area (Å²) in [6.45, 7) is 2.55. The largest absolute Gasteiger partial charge is 0.495 e. The normalized spacial score (nSPS) is 17.7. The highest BCUT2D eigenvalue weighted by Crippen LogP contribution is 2.32. The van der Waals surface area contributed by atoms with E-state index in [0.717, 1.165) is 6.42 Å². The average Bonchev–Trinajstić information content (AvgIpc) is 2.74. The summed E-state index contributed by atoms with van der Waals surface area (Å²) in [5.41, 5.74) is 1.90. The van der Waals surface area contributed by atoms with Gasteiger partial charge in [-0.3, -0.25) is 4.79 Å². The van der Waals surface area contributed by atoms with Gasteiger partial charge in [-0.15, -0.1) is 0 Å². The first-order valence-electron chi connectivity index (χ1n) is 9.58. The van der Waals surface area contributed by atoms with E-state index < -0.39 is 15.9 Å². The molecule has 1 fully saturated rings. The lowest BCUT2D eigenvalue weighted by Crippen LogP contribution is -2.43. The number of ether oxygens (including phenoxy) is 1. The van der Waals surface area contributed by atoms with Gasteiger partial charge in [0, 0.05) is 23.8 Å². The van der Waals surface area contributed by atoms with Crippen LogP contribution in [0.3, 0.4) is 0 Å². The second-order valence-corrected chi connectivity index (χ2v) is 9.38. The van der Waals surface area contributed by atoms with Gasteiger partial charge in [0.1, 0.15) is 10.6 Å². The fourth-order valence-corrected chi connectivity index (χ4v) is 5.38. The fourth-order valence-electron chi connectivity index (χ4n) is 3.43. The molecule has 1 saturated heterocycles. The van der Waals surface area contributed by atoms with Crippen molar-refractivity contribution >= 4 is 33.2 Å². The smallest absolute Gasteiger partial charge is 0.246 e. The molecule has 156 valence electrons. The van der Waals surface area contributed by atoms with Crippen LogP contribution in [0.5, 0.6) is 5.75 Å². The van der Waals surface area contributed by atoms with E-state index in [4.69, 9.17) is 16.3 Å². The Balaban J connectivity index is 1.75. The van der Waals surface area contributed by atoms with E-state index in [0.29, 0.717) is 30.1 Å². The quantitative estimate of drug-likeness (QED) is 0.743. The predicted molar refractivity (Wildman–Crippen MR) is 114 cm³/mol. The van der Waals surface area contributed by atoms with E-state index in [9.17, 15) is 13.2 Å². The maximum Gasteiger partial charge on any atom is 0.246 e. The van der Waals surface area contributed by atoms with Crippen molar-refractivity contribution in [3.8, 4) is 5.75 Å². The topological polar surface area (TPSA) is 75.7 Å². The third-order valence-corrected chi connectivity index (χ3v) is 7.25. The van der Waals surface area contributed by atoms with Crippen LogP contribution in [0.25, 0.3) is 0 Å². The van der Waals surface area contributed by atoms with Gasteiger partial charge in [0.2, 0.25) is 15.9 Å². The number of aryl methyl sites for hydroxylation is 1. The van der Waals surface area contributed by atoms with Crippen molar-refractivity contribution in [1.29, 1.82) is 0 Å². The van der Waals surface area contributed by atoms with Gasteiger partial charge in [0.05, 0.1) is 13.0 Å². The van der Waals surface area contributed by atoms with Crippen molar-refractivity contribution in [2.75, 3.05) is 25.5 Å². The number of hydrogen-bond acceptors (Lipinski definition) is 4. The van der Waals surface area contributed by atoms with Crippen molar-refractivity contribution in [1.82, 2.24) is 4.31 Å². The summed E-state index contributed by atoms with van der Waals surface area (Å²) in [5.74, 6) is -0.362. The van der Waals surface area contributed by atoms with E-state index in [1.807, 2.05) is 24.3 Å². The zero-order valence-corrected chi connectivity index (χ0v) is 18.1. The number of halogens is 1. The van der Waals surface area contributed by atoms with Crippen LogP contribution < -0.4 is 10.1 Å². The van der Waals surface area contributed by atoms with E-state index in [1.54, 1.807) is 6.07 Å². The Morgan fingerprint density at radius 3 is 2.62 bits per heavy atom. The van der Waals surface area contributed by atoms with Crippen LogP contribution in [0, 0.1) is 5.92 Å². The molecule has 1 heterocycles. The molecule has 6 nitrogen and oxygen atoms in total. The lowest BCUT2D eigenvalue weighted by molar-refractivity contribution is -0.120. The van der Waals surface area contributed by atoms with Gasteiger partial charge in [0.15, 0.2) is 0 Å². The van der Waals surface area contributed by atoms with Gasteiger partial charge in [0.25, 0.3) is 0 Å². The molecule has 1 amide bonds. The molecule has 0 aromatic heterocycles. The fraction of sp³-hybridized carbons (Fsp3) is 0.381. The SMILES string of the molecule is CCc1ccc(NC(=O)[C@@H]2CCCN(S(=O)(=O)c3cc(Cl)ccc3OC)C2)cc1. The summed E-state index contributed by atoms with van der Waals surface area (Å²) in [4.78, 5) is 12.7. The number of piperidine rings is 1. The van der Waals surface area contributed by atoms with E-state index in [2.05, 4.69) is 12.2 Å². The third-order valence-electron chi connectivity index (χ3n) is 5.13. The van der Waals surface area contributed by atoms with E-state index >= 15 is 0 Å². The first-order valence-corrected chi connectivity index (χ1v) is 11.4. The molecule has 0 aliphatic carbocycles. The van der Waals surface area contributed by atoms with Crippen molar-refractivity contribution in [2.24, 2.45) is 5.92 Å². The molecule has 0 unspecified atom stereocenters. The molecular formula is C21H25ClN2O4S. The van der Waals surface area contributed by atoms with Crippen LogP contribution in [0.15, 0.2) is 47.4 Å². The van der Waals surface area contributed by atoms with Crippen LogP contribution in [0.4, 0.5) is 5.69 Å². The first kappa shape index (κ1) is 21.6. The maximum absolute atomic E-state index is 13.2. The molecule has 0 saturated carbocycles. The van der Waals surface area contributed by atoms with Gasteiger partial charge in [-0.05, 0) is 55.2 Å². The first-order chi connectivity index (χ1) is 13.8. The number of sulfonamides is 1. The summed E-state index contributed by atoms with van der Waals surface area (Å²) >= 11 is 6.01. The Morgan fingerprint density at radius 2 is 1.97 bits per heavy atom. The summed E-state index contributed by atoms with van der Waals surface area (Å²) in [5, 5.41) is 3.21. The molecule has 0 radical (unpaired) electrons. The van der Waals surface area contributed by atoms with Crippen molar-refractivity contribution in [3.63, 3.8) is 0 Å². The van der Waals surface area contributed by atoms with Crippen LogP contribution in [0.2, 0.25) is 5.02 Å². The van der Waals surface area contributed by atoms with Gasteiger partial charge in [-0.1, -0.05) is 30.7 Å². The predicted octanol–water partition coefficient (Wildman–Crippen LogP) is 3.95. The van der Waals surface area contributed by atoms with Crippen LogP contribution >= 0.6 is 11.6 Å². The van der Waals surface area contributed by atoms with Gasteiger partial charge >= 0.3 is 0 Å². The Kier molecular flexibility index (Phi) is 6.82. The number of amides is 1. The Hall–Kier alpha value is -2.09. The molecule has 1 N–H and O–H groups in total. The molecule has 29 heavy (non-hydrogen) atoms. The average molecular weight is 437 g/mol. The molecular weight excluding hydrogens is 412 g/mol. The number of hydrogen-bond donors (Lipinski definition) is 1. The lowest BCUT2D eigenvalue weighted by Gasteiger charge is -2.31. The lowest BCUT2D eigenvalue weighted by atomic mass is 9.98. The molecule has 3 rings (SSSR count). The summed E-state index contributed by atoms with van der Waals surface area (Å²) in [6, 6.07) is 12.2. The van der Waals surface area contributed by atoms with E-state index in [-0.39, 0.29) is 23.1 Å². The van der Waals surface area contributed by atoms with Crippen LogP contribution in [-0.2, 0) is 21.2 Å². The molecule has 0 bridgehead atoms. The number of anilines is 1. The number of benzene rings is 2. The Morgan fingerprint density at radius 1 is 1.24 bits per heavy atom. The van der Waals surface area contributed by atoms with E-state index in [1.165, 1.54) is 29.1 Å². The summed E-state index contributed by atoms with van der Waals surface area (Å²) in [7, 11) is -2.42. The second-order valence-electron chi connectivity index (χ2n) is 7.04. The highest BCUT2D eigenvalue weighted by Gasteiger charge is 2.35. The Labute approximate surface area is 176 Å². The molecule has 0 spiro atoms. The monoisotopic (exact) mass is 436 g/mol. The highest BCUT2D eigenvalue weighted by atomic mass is 35.5. The number of carbonyl (C=O) groups is 1. The maximum atomic E-state index is 13.2. The zero-order chi connectivity index (χ0) is 21.0. The number of carbonyl (C=O) groups excluding carboxylic acids is 1. The zero-order valence-electron chi connectivity index (χ0n) is 16.5. The van der Waals surface area contributed by atoms with Gasteiger partial charge in [-0.2, -0.15) is 4.31 Å². The minimum Gasteiger partial charge on any atom is -0.495 e.